The Morgan fingerprint density at radius 2 is 2.33 bits per heavy atom. The summed E-state index contributed by atoms with van der Waals surface area (Å²) in [6.07, 6.45) is 9.63. The first-order valence-corrected chi connectivity index (χ1v) is 4.54. The van der Waals surface area contributed by atoms with Crippen molar-refractivity contribution >= 4 is 0 Å². The van der Waals surface area contributed by atoms with Crippen LogP contribution in [0.25, 0.3) is 0 Å². The van der Waals surface area contributed by atoms with Crippen LogP contribution in [0.2, 0.25) is 0 Å². The van der Waals surface area contributed by atoms with E-state index in [1.54, 1.807) is 0 Å². The van der Waals surface area contributed by atoms with Crippen molar-refractivity contribution in [1.82, 2.24) is 0 Å². The first-order valence-electron chi connectivity index (χ1n) is 4.54. The molecule has 0 saturated heterocycles. The average Bonchev–Trinajstić information content (AvgIpc) is 2.37. The molecular weight excluding hydrogens is 146 g/mol. The Morgan fingerprint density at radius 3 is 2.83 bits per heavy atom. The van der Waals surface area contributed by atoms with Gasteiger partial charge in [-0.1, -0.05) is 30.7 Å². The molecule has 1 aliphatic rings. The van der Waals surface area contributed by atoms with Crippen LogP contribution in [0.15, 0.2) is 35.1 Å². The third kappa shape index (κ3) is 2.26. The van der Waals surface area contributed by atoms with Crippen molar-refractivity contribution in [3.8, 4) is 0 Å². The maximum atomic E-state index is 5.82. The van der Waals surface area contributed by atoms with Gasteiger partial charge >= 0.3 is 0 Å². The molecule has 0 aliphatic heterocycles. The largest absolute Gasteiger partial charge is 0.402 e. The van der Waals surface area contributed by atoms with Crippen LogP contribution in [0, 0.1) is 0 Å². The highest BCUT2D eigenvalue weighted by atomic mass is 14.6. The van der Waals surface area contributed by atoms with Crippen molar-refractivity contribution in [3.05, 3.63) is 35.1 Å². The Bertz CT molecular complexity index is 244. The van der Waals surface area contributed by atoms with Gasteiger partial charge < -0.3 is 5.73 Å². The fraction of sp³-hybridized carbons (Fsp3) is 0.455. The molecule has 0 radical (unpaired) electrons. The SMILES string of the molecule is CC/C=C(\N)CC1=CCC=C1C. The van der Waals surface area contributed by atoms with E-state index in [4.69, 9.17) is 5.73 Å². The minimum absolute atomic E-state index is 0.927. The van der Waals surface area contributed by atoms with Gasteiger partial charge in [0.2, 0.25) is 0 Å². The van der Waals surface area contributed by atoms with Crippen molar-refractivity contribution in [2.45, 2.75) is 33.1 Å². The van der Waals surface area contributed by atoms with E-state index in [0.29, 0.717) is 0 Å². The Morgan fingerprint density at radius 1 is 1.58 bits per heavy atom. The summed E-state index contributed by atoms with van der Waals surface area (Å²) in [5, 5.41) is 0. The third-order valence-electron chi connectivity index (χ3n) is 2.16. The van der Waals surface area contributed by atoms with E-state index in [0.717, 1.165) is 25.0 Å². The molecule has 0 aromatic carbocycles. The van der Waals surface area contributed by atoms with E-state index in [1.807, 2.05) is 0 Å². The zero-order valence-electron chi connectivity index (χ0n) is 7.93. The molecule has 1 nitrogen and oxygen atoms in total. The second-order valence-electron chi connectivity index (χ2n) is 3.22. The van der Waals surface area contributed by atoms with Gasteiger partial charge in [0.1, 0.15) is 0 Å². The summed E-state index contributed by atoms with van der Waals surface area (Å²) in [5.74, 6) is 0. The lowest BCUT2D eigenvalue weighted by molar-refractivity contribution is 1.05. The van der Waals surface area contributed by atoms with E-state index in [2.05, 4.69) is 32.1 Å². The van der Waals surface area contributed by atoms with Gasteiger partial charge in [-0.05, 0) is 25.3 Å². The minimum Gasteiger partial charge on any atom is -0.402 e. The lowest BCUT2D eigenvalue weighted by atomic mass is 10.1. The minimum atomic E-state index is 0.927. The summed E-state index contributed by atoms with van der Waals surface area (Å²) in [4.78, 5) is 0. The molecule has 0 aromatic heterocycles. The first-order chi connectivity index (χ1) is 5.74. The maximum Gasteiger partial charge on any atom is 0.0117 e. The summed E-state index contributed by atoms with van der Waals surface area (Å²) < 4.78 is 0. The Kier molecular flexibility index (Phi) is 3.15. The molecule has 2 N–H and O–H groups in total. The van der Waals surface area contributed by atoms with Crippen molar-refractivity contribution in [3.63, 3.8) is 0 Å². The molecule has 0 bridgehead atoms. The smallest absolute Gasteiger partial charge is 0.0117 e. The zero-order valence-corrected chi connectivity index (χ0v) is 7.93. The molecule has 1 heteroatoms. The van der Waals surface area contributed by atoms with Gasteiger partial charge in [0.25, 0.3) is 0 Å². The first kappa shape index (κ1) is 9.11. The molecule has 0 saturated carbocycles. The molecule has 0 fully saturated rings. The van der Waals surface area contributed by atoms with E-state index < -0.39 is 0 Å². The molecule has 0 unspecified atom stereocenters. The van der Waals surface area contributed by atoms with Crippen LogP contribution in [0.1, 0.15) is 33.1 Å². The van der Waals surface area contributed by atoms with Gasteiger partial charge in [0.05, 0.1) is 0 Å². The summed E-state index contributed by atoms with van der Waals surface area (Å²) in [6, 6.07) is 0. The van der Waals surface area contributed by atoms with Gasteiger partial charge in [-0.25, -0.2) is 0 Å². The van der Waals surface area contributed by atoms with Crippen LogP contribution < -0.4 is 5.73 Å². The molecule has 0 heterocycles. The van der Waals surface area contributed by atoms with Crippen LogP contribution in [-0.4, -0.2) is 0 Å². The number of rotatable bonds is 3. The second-order valence-corrected chi connectivity index (χ2v) is 3.22. The van der Waals surface area contributed by atoms with E-state index in [-0.39, 0.29) is 0 Å². The van der Waals surface area contributed by atoms with Gasteiger partial charge in [-0.15, -0.1) is 0 Å². The summed E-state index contributed by atoms with van der Waals surface area (Å²) >= 11 is 0. The molecule has 1 aliphatic carbocycles. The van der Waals surface area contributed by atoms with Gasteiger partial charge in [-0.2, -0.15) is 0 Å². The number of nitrogens with two attached hydrogens (primary N) is 1. The molecule has 0 amide bonds. The number of hydrogen-bond donors (Lipinski definition) is 1. The predicted octanol–water partition coefficient (Wildman–Crippen LogP) is 2.91. The lowest BCUT2D eigenvalue weighted by Gasteiger charge is -2.03. The third-order valence-corrected chi connectivity index (χ3v) is 2.16. The quantitative estimate of drug-likeness (QED) is 0.680. The Balaban J connectivity index is 2.52. The van der Waals surface area contributed by atoms with Crippen molar-refractivity contribution in [2.24, 2.45) is 5.73 Å². The molecule has 66 valence electrons. The van der Waals surface area contributed by atoms with Crippen molar-refractivity contribution < 1.29 is 0 Å². The van der Waals surface area contributed by atoms with E-state index >= 15 is 0 Å². The van der Waals surface area contributed by atoms with Gasteiger partial charge in [0.15, 0.2) is 0 Å². The number of hydrogen-bond acceptors (Lipinski definition) is 1. The van der Waals surface area contributed by atoms with Gasteiger partial charge in [0, 0.05) is 12.1 Å². The Hall–Kier alpha value is -0.980. The zero-order chi connectivity index (χ0) is 8.97. The standard InChI is InChI=1S/C11H17N/c1-3-5-11(12)8-10-7-4-6-9(10)2/h5-7H,3-4,8,12H2,1-2H3/b11-5-. The van der Waals surface area contributed by atoms with Crippen LogP contribution in [0.5, 0.6) is 0 Å². The topological polar surface area (TPSA) is 26.0 Å². The highest BCUT2D eigenvalue weighted by Crippen LogP contribution is 2.23. The van der Waals surface area contributed by atoms with E-state index in [9.17, 15) is 0 Å². The van der Waals surface area contributed by atoms with Crippen LogP contribution in [0.3, 0.4) is 0 Å². The predicted molar refractivity (Wildman–Crippen MR) is 53.6 cm³/mol. The van der Waals surface area contributed by atoms with Crippen LogP contribution >= 0.6 is 0 Å². The molecular formula is C11H17N. The average molecular weight is 163 g/mol. The summed E-state index contributed by atoms with van der Waals surface area (Å²) in [7, 11) is 0. The van der Waals surface area contributed by atoms with Gasteiger partial charge in [-0.3, -0.25) is 0 Å². The molecule has 0 atom stereocenters. The Labute approximate surface area is 74.7 Å². The molecule has 0 spiro atoms. The fourth-order valence-electron chi connectivity index (χ4n) is 1.44. The number of allylic oxidation sites excluding steroid dienone is 5. The summed E-state index contributed by atoms with van der Waals surface area (Å²) in [5.41, 5.74) is 9.61. The maximum absolute atomic E-state index is 5.82. The molecule has 12 heavy (non-hydrogen) atoms. The monoisotopic (exact) mass is 163 g/mol. The highest BCUT2D eigenvalue weighted by molar-refractivity contribution is 5.37. The van der Waals surface area contributed by atoms with E-state index in [1.165, 1.54) is 11.1 Å². The van der Waals surface area contributed by atoms with Crippen LogP contribution in [0.4, 0.5) is 0 Å². The van der Waals surface area contributed by atoms with Crippen molar-refractivity contribution in [2.75, 3.05) is 0 Å². The lowest BCUT2D eigenvalue weighted by Crippen LogP contribution is -1.98. The van der Waals surface area contributed by atoms with Crippen molar-refractivity contribution in [1.29, 1.82) is 0 Å². The highest BCUT2D eigenvalue weighted by Gasteiger charge is 2.05. The second kappa shape index (κ2) is 4.15. The normalized spacial score (nSPS) is 17.7. The van der Waals surface area contributed by atoms with Crippen LogP contribution in [-0.2, 0) is 0 Å². The molecule has 0 aromatic rings. The molecule has 1 rings (SSSR count). The summed E-state index contributed by atoms with van der Waals surface area (Å²) in [6.45, 7) is 4.26. The fourth-order valence-corrected chi connectivity index (χ4v) is 1.44.